The Morgan fingerprint density at radius 1 is 1.19 bits per heavy atom. The molecule has 7 heteroatoms. The van der Waals surface area contributed by atoms with E-state index < -0.39 is 0 Å². The van der Waals surface area contributed by atoms with Crippen molar-refractivity contribution >= 4 is 11.7 Å². The summed E-state index contributed by atoms with van der Waals surface area (Å²) >= 11 is 0. The molecule has 1 aliphatic rings. The standard InChI is InChI=1S/C20H19N3O4/c1-26-14-5-3-4-13(9-14)23-11-21-20-19(23)15(10-18(25)22-20)12-6-7-17(27-2)16(24)8-12/h3-9,11,15,24H,10H2,1-2H3,(H,22,25). The van der Waals surface area contributed by atoms with Crippen LogP contribution in [0, 0.1) is 0 Å². The van der Waals surface area contributed by atoms with Gasteiger partial charge in [-0.1, -0.05) is 12.1 Å². The number of ether oxygens (including phenoxy) is 2. The third kappa shape index (κ3) is 2.97. The first-order valence-electron chi connectivity index (χ1n) is 8.49. The van der Waals surface area contributed by atoms with Gasteiger partial charge in [0.05, 0.1) is 25.6 Å². The Kier molecular flexibility index (Phi) is 4.19. The number of fused-ring (bicyclic) bond motifs is 1. The number of carbonyl (C=O) groups is 1. The number of rotatable bonds is 4. The van der Waals surface area contributed by atoms with Crippen LogP contribution in [0.1, 0.15) is 23.6 Å². The average molecular weight is 365 g/mol. The summed E-state index contributed by atoms with van der Waals surface area (Å²) in [7, 11) is 3.12. The largest absolute Gasteiger partial charge is 0.504 e. The molecule has 0 aliphatic carbocycles. The highest BCUT2D eigenvalue weighted by molar-refractivity contribution is 5.94. The second-order valence-corrected chi connectivity index (χ2v) is 6.29. The molecule has 1 aromatic heterocycles. The minimum absolute atomic E-state index is 0.0370. The van der Waals surface area contributed by atoms with Crippen LogP contribution >= 0.6 is 0 Å². The third-order valence-electron chi connectivity index (χ3n) is 4.72. The predicted molar refractivity (Wildman–Crippen MR) is 99.9 cm³/mol. The fourth-order valence-electron chi connectivity index (χ4n) is 3.42. The van der Waals surface area contributed by atoms with E-state index in [0.717, 1.165) is 22.7 Å². The Labute approximate surface area is 156 Å². The van der Waals surface area contributed by atoms with Crippen LogP contribution in [-0.4, -0.2) is 34.8 Å². The molecule has 3 aromatic rings. The molecule has 2 aromatic carbocycles. The lowest BCUT2D eigenvalue weighted by Gasteiger charge is -2.25. The number of phenolic OH excluding ortho intramolecular Hbond substituents is 1. The van der Waals surface area contributed by atoms with Gasteiger partial charge in [-0.25, -0.2) is 4.98 Å². The zero-order valence-corrected chi connectivity index (χ0v) is 15.0. The molecular formula is C20H19N3O4. The molecule has 1 amide bonds. The van der Waals surface area contributed by atoms with Crippen LogP contribution < -0.4 is 14.8 Å². The summed E-state index contributed by atoms with van der Waals surface area (Å²) in [5.41, 5.74) is 2.54. The van der Waals surface area contributed by atoms with Crippen molar-refractivity contribution in [3.63, 3.8) is 0 Å². The molecule has 0 radical (unpaired) electrons. The van der Waals surface area contributed by atoms with E-state index in [2.05, 4.69) is 10.3 Å². The molecule has 138 valence electrons. The lowest BCUT2D eigenvalue weighted by molar-refractivity contribution is -0.116. The Morgan fingerprint density at radius 2 is 2.04 bits per heavy atom. The van der Waals surface area contributed by atoms with E-state index in [1.54, 1.807) is 25.6 Å². The zero-order valence-electron chi connectivity index (χ0n) is 15.0. The number of nitrogens with zero attached hydrogens (tertiary/aromatic N) is 2. The first kappa shape index (κ1) is 17.0. The van der Waals surface area contributed by atoms with E-state index >= 15 is 0 Å². The Hall–Kier alpha value is -3.48. The van der Waals surface area contributed by atoms with Gasteiger partial charge in [-0.15, -0.1) is 0 Å². The first-order valence-corrected chi connectivity index (χ1v) is 8.49. The number of phenols is 1. The van der Waals surface area contributed by atoms with Gasteiger partial charge < -0.3 is 24.5 Å². The average Bonchev–Trinajstić information content (AvgIpc) is 3.11. The van der Waals surface area contributed by atoms with Gasteiger partial charge >= 0.3 is 0 Å². The Balaban J connectivity index is 1.84. The molecule has 0 saturated heterocycles. The van der Waals surface area contributed by atoms with Gasteiger partial charge in [0.2, 0.25) is 5.91 Å². The van der Waals surface area contributed by atoms with Crippen molar-refractivity contribution in [1.82, 2.24) is 9.55 Å². The molecule has 0 spiro atoms. The highest BCUT2D eigenvalue weighted by Gasteiger charge is 2.31. The molecule has 1 unspecified atom stereocenters. The molecule has 27 heavy (non-hydrogen) atoms. The van der Waals surface area contributed by atoms with Crippen molar-refractivity contribution in [2.75, 3.05) is 19.5 Å². The second kappa shape index (κ2) is 6.68. The number of imidazole rings is 1. The molecule has 7 nitrogen and oxygen atoms in total. The van der Waals surface area contributed by atoms with Crippen LogP contribution in [0.25, 0.3) is 5.69 Å². The number of methoxy groups -OCH3 is 2. The number of nitrogens with one attached hydrogen (secondary N) is 1. The first-order chi connectivity index (χ1) is 13.1. The number of aromatic nitrogens is 2. The van der Waals surface area contributed by atoms with E-state index in [1.165, 1.54) is 7.11 Å². The van der Waals surface area contributed by atoms with Crippen LogP contribution in [0.2, 0.25) is 0 Å². The number of carbonyl (C=O) groups excluding carboxylic acids is 1. The Morgan fingerprint density at radius 3 is 2.78 bits per heavy atom. The SMILES string of the molecule is COc1cccc(-n2cnc3c2C(c2ccc(OC)c(O)c2)CC(=O)N3)c1. The van der Waals surface area contributed by atoms with Crippen molar-refractivity contribution < 1.29 is 19.4 Å². The van der Waals surface area contributed by atoms with Crippen LogP contribution in [0.15, 0.2) is 48.8 Å². The number of hydrogen-bond acceptors (Lipinski definition) is 5. The quantitative estimate of drug-likeness (QED) is 0.742. The van der Waals surface area contributed by atoms with Gasteiger partial charge in [-0.3, -0.25) is 4.79 Å². The van der Waals surface area contributed by atoms with Crippen LogP contribution in [0.5, 0.6) is 17.2 Å². The van der Waals surface area contributed by atoms with Gasteiger partial charge in [-0.2, -0.15) is 0 Å². The second-order valence-electron chi connectivity index (χ2n) is 6.29. The molecule has 1 atom stereocenters. The molecular weight excluding hydrogens is 346 g/mol. The van der Waals surface area contributed by atoms with E-state index in [0.29, 0.717) is 11.6 Å². The maximum atomic E-state index is 12.2. The summed E-state index contributed by atoms with van der Waals surface area (Å²) in [4.78, 5) is 16.6. The van der Waals surface area contributed by atoms with Crippen LogP contribution in [0.3, 0.4) is 0 Å². The van der Waals surface area contributed by atoms with Crippen LogP contribution in [-0.2, 0) is 4.79 Å². The predicted octanol–water partition coefficient (Wildman–Crippen LogP) is 3.07. The minimum atomic E-state index is -0.251. The van der Waals surface area contributed by atoms with Crippen molar-refractivity contribution in [3.8, 4) is 22.9 Å². The Bertz CT molecular complexity index is 1010. The molecule has 2 heterocycles. The number of aromatic hydroxyl groups is 1. The molecule has 0 bridgehead atoms. The number of hydrogen-bond donors (Lipinski definition) is 2. The van der Waals surface area contributed by atoms with Gasteiger partial charge in [0, 0.05) is 18.4 Å². The fourth-order valence-corrected chi connectivity index (χ4v) is 3.42. The molecule has 0 saturated carbocycles. The maximum Gasteiger partial charge on any atom is 0.226 e. The summed E-state index contributed by atoms with van der Waals surface area (Å²) in [5, 5.41) is 13.0. The molecule has 0 fully saturated rings. The monoisotopic (exact) mass is 365 g/mol. The van der Waals surface area contributed by atoms with Crippen molar-refractivity contribution in [2.45, 2.75) is 12.3 Å². The van der Waals surface area contributed by atoms with Gasteiger partial charge in [-0.05, 0) is 29.8 Å². The molecule has 1 aliphatic heterocycles. The summed E-state index contributed by atoms with van der Waals surface area (Å²) < 4.78 is 12.4. The van der Waals surface area contributed by atoms with Crippen LogP contribution in [0.4, 0.5) is 5.82 Å². The van der Waals surface area contributed by atoms with E-state index in [-0.39, 0.29) is 24.0 Å². The topological polar surface area (TPSA) is 85.6 Å². The lowest BCUT2D eigenvalue weighted by Crippen LogP contribution is -2.25. The molecule has 4 rings (SSSR count). The summed E-state index contributed by atoms with van der Waals surface area (Å²) in [6.07, 6.45) is 1.94. The van der Waals surface area contributed by atoms with Crippen molar-refractivity contribution in [3.05, 3.63) is 60.0 Å². The van der Waals surface area contributed by atoms with E-state index in [9.17, 15) is 9.90 Å². The van der Waals surface area contributed by atoms with Gasteiger partial charge in [0.1, 0.15) is 12.1 Å². The summed E-state index contributed by atoms with van der Waals surface area (Å²) in [5.74, 6) is 1.32. The van der Waals surface area contributed by atoms with Crippen molar-refractivity contribution in [1.29, 1.82) is 0 Å². The number of benzene rings is 2. The van der Waals surface area contributed by atoms with Gasteiger partial charge in [0.15, 0.2) is 17.3 Å². The maximum absolute atomic E-state index is 12.2. The highest BCUT2D eigenvalue weighted by atomic mass is 16.5. The summed E-state index contributed by atoms with van der Waals surface area (Å²) in [6.45, 7) is 0. The van der Waals surface area contributed by atoms with E-state index in [1.807, 2.05) is 34.9 Å². The normalized spacial score (nSPS) is 15.8. The highest BCUT2D eigenvalue weighted by Crippen LogP contribution is 2.40. The van der Waals surface area contributed by atoms with E-state index in [4.69, 9.17) is 9.47 Å². The fraction of sp³-hybridized carbons (Fsp3) is 0.200. The number of amides is 1. The number of anilines is 1. The molecule has 2 N–H and O–H groups in total. The lowest BCUT2D eigenvalue weighted by atomic mass is 9.89. The third-order valence-corrected chi connectivity index (χ3v) is 4.72. The van der Waals surface area contributed by atoms with Crippen molar-refractivity contribution in [2.24, 2.45) is 0 Å². The zero-order chi connectivity index (χ0) is 19.0. The van der Waals surface area contributed by atoms with Gasteiger partial charge in [0.25, 0.3) is 0 Å². The summed E-state index contributed by atoms with van der Waals surface area (Å²) in [6, 6.07) is 12.8. The smallest absolute Gasteiger partial charge is 0.226 e. The minimum Gasteiger partial charge on any atom is -0.504 e.